The van der Waals surface area contributed by atoms with Crippen LogP contribution in [0.1, 0.15) is 58.3 Å². The van der Waals surface area contributed by atoms with E-state index in [1.165, 1.54) is 25.7 Å². The molecule has 7 heteroatoms. The lowest BCUT2D eigenvalue weighted by atomic mass is 9.93. The quantitative estimate of drug-likeness (QED) is 0.685. The van der Waals surface area contributed by atoms with Crippen LogP contribution in [0.25, 0.3) is 0 Å². The van der Waals surface area contributed by atoms with Crippen molar-refractivity contribution in [3.05, 3.63) is 0 Å². The number of carbonyl (C=O) groups is 2. The zero-order valence-corrected chi connectivity index (χ0v) is 17.6. The second kappa shape index (κ2) is 10.4. The standard InChI is InChI=1S/C14H24N2O3.C7H13NO/c1-3-19-14(17)16-10-4-5-11(16)7-12(6-10)15-8-13(9-15)18-2;9-7-8-5-3-1-2-4-6-8/h10-13H,3-9H2,1-2H3;7H,1-6H2. The van der Waals surface area contributed by atoms with Gasteiger partial charge < -0.3 is 19.3 Å². The van der Waals surface area contributed by atoms with Crippen LogP contribution in [0.4, 0.5) is 4.79 Å². The zero-order valence-electron chi connectivity index (χ0n) is 17.6. The highest BCUT2D eigenvalue weighted by Gasteiger charge is 2.47. The van der Waals surface area contributed by atoms with Gasteiger partial charge in [-0.3, -0.25) is 9.69 Å². The van der Waals surface area contributed by atoms with Gasteiger partial charge in [0.2, 0.25) is 6.41 Å². The molecule has 4 rings (SSSR count). The number of hydrogen-bond donors (Lipinski definition) is 0. The van der Waals surface area contributed by atoms with Crippen molar-refractivity contribution in [3.8, 4) is 0 Å². The molecule has 0 aromatic carbocycles. The zero-order chi connectivity index (χ0) is 19.9. The maximum Gasteiger partial charge on any atom is 0.410 e. The van der Waals surface area contributed by atoms with Crippen LogP contribution in [0.5, 0.6) is 0 Å². The van der Waals surface area contributed by atoms with Crippen LogP contribution in [0, 0.1) is 0 Å². The second-order valence-electron chi connectivity index (χ2n) is 8.48. The molecule has 4 aliphatic heterocycles. The summed E-state index contributed by atoms with van der Waals surface area (Å²) in [4.78, 5) is 28.6. The van der Waals surface area contributed by atoms with Gasteiger partial charge in [-0.15, -0.1) is 0 Å². The highest BCUT2D eigenvalue weighted by molar-refractivity contribution is 5.69. The van der Waals surface area contributed by atoms with Crippen molar-refractivity contribution in [1.82, 2.24) is 14.7 Å². The van der Waals surface area contributed by atoms with Crippen molar-refractivity contribution < 1.29 is 19.1 Å². The molecule has 4 aliphatic rings. The number of ether oxygens (including phenoxy) is 2. The summed E-state index contributed by atoms with van der Waals surface area (Å²) in [7, 11) is 1.79. The fourth-order valence-corrected chi connectivity index (χ4v) is 5.06. The van der Waals surface area contributed by atoms with Crippen molar-refractivity contribution in [2.24, 2.45) is 0 Å². The largest absolute Gasteiger partial charge is 0.450 e. The van der Waals surface area contributed by atoms with Crippen LogP contribution in [0.2, 0.25) is 0 Å². The number of carbonyl (C=O) groups excluding carboxylic acids is 2. The predicted molar refractivity (Wildman–Crippen MR) is 107 cm³/mol. The number of fused-ring (bicyclic) bond motifs is 2. The summed E-state index contributed by atoms with van der Waals surface area (Å²) in [5.74, 6) is 0. The Morgan fingerprint density at radius 2 is 1.61 bits per heavy atom. The number of methoxy groups -OCH3 is 1. The highest BCUT2D eigenvalue weighted by atomic mass is 16.6. The van der Waals surface area contributed by atoms with Gasteiger partial charge in [-0.25, -0.2) is 4.79 Å². The first-order chi connectivity index (χ1) is 13.7. The van der Waals surface area contributed by atoms with E-state index in [2.05, 4.69) is 4.90 Å². The van der Waals surface area contributed by atoms with Crippen molar-refractivity contribution in [1.29, 1.82) is 0 Å². The van der Waals surface area contributed by atoms with Crippen LogP contribution in [0.3, 0.4) is 0 Å². The van der Waals surface area contributed by atoms with E-state index in [0.717, 1.165) is 58.3 Å². The number of nitrogens with zero attached hydrogens (tertiary/aromatic N) is 3. The Morgan fingerprint density at radius 3 is 2.11 bits per heavy atom. The average molecular weight is 396 g/mol. The summed E-state index contributed by atoms with van der Waals surface area (Å²) in [5.41, 5.74) is 0. The SMILES string of the molecule is CCOC(=O)N1C2CCC1CC(N1CC(OC)C1)C2.O=CN1CCCCCC1. The van der Waals surface area contributed by atoms with Gasteiger partial charge in [0.25, 0.3) is 0 Å². The maximum atomic E-state index is 12.0. The van der Waals surface area contributed by atoms with Crippen molar-refractivity contribution >= 4 is 12.5 Å². The van der Waals surface area contributed by atoms with Gasteiger partial charge in [-0.1, -0.05) is 12.8 Å². The minimum atomic E-state index is -0.105. The number of piperidine rings is 1. The first kappa shape index (κ1) is 21.4. The normalized spacial score (nSPS) is 30.7. The van der Waals surface area contributed by atoms with Crippen LogP contribution < -0.4 is 0 Å². The number of rotatable bonds is 4. The van der Waals surface area contributed by atoms with Gasteiger partial charge in [-0.2, -0.15) is 0 Å². The first-order valence-corrected chi connectivity index (χ1v) is 11.1. The summed E-state index contributed by atoms with van der Waals surface area (Å²) in [5, 5.41) is 0. The van der Waals surface area contributed by atoms with E-state index >= 15 is 0 Å². The lowest BCUT2D eigenvalue weighted by Gasteiger charge is -2.48. The first-order valence-electron chi connectivity index (χ1n) is 11.1. The summed E-state index contributed by atoms with van der Waals surface area (Å²) >= 11 is 0. The molecule has 0 spiro atoms. The molecule has 0 saturated carbocycles. The second-order valence-corrected chi connectivity index (χ2v) is 8.48. The molecule has 0 N–H and O–H groups in total. The Labute approximate surface area is 169 Å². The van der Waals surface area contributed by atoms with Crippen molar-refractivity contribution in [3.63, 3.8) is 0 Å². The van der Waals surface area contributed by atoms with E-state index in [9.17, 15) is 9.59 Å². The summed E-state index contributed by atoms with van der Waals surface area (Å²) in [6, 6.07) is 1.42. The fraction of sp³-hybridized carbons (Fsp3) is 0.905. The number of likely N-dealkylation sites (tertiary alicyclic amines) is 2. The Morgan fingerprint density at radius 1 is 1.00 bits per heavy atom. The van der Waals surface area contributed by atoms with Crippen LogP contribution in [0.15, 0.2) is 0 Å². The molecule has 2 unspecified atom stereocenters. The molecule has 4 fully saturated rings. The Balaban J connectivity index is 0.000000211. The molecular weight excluding hydrogens is 358 g/mol. The lowest BCUT2D eigenvalue weighted by Crippen LogP contribution is -2.60. The summed E-state index contributed by atoms with van der Waals surface area (Å²) in [6.45, 7) is 6.41. The topological polar surface area (TPSA) is 62.3 Å². The number of amides is 2. The molecule has 2 amide bonds. The molecule has 4 heterocycles. The molecule has 0 aromatic heterocycles. The summed E-state index contributed by atoms with van der Waals surface area (Å²) in [6.07, 6.45) is 10.7. The van der Waals surface area contributed by atoms with Crippen molar-refractivity contribution in [2.75, 3.05) is 39.9 Å². The molecule has 0 radical (unpaired) electrons. The third-order valence-electron chi connectivity index (χ3n) is 6.70. The minimum absolute atomic E-state index is 0.105. The fourth-order valence-electron chi connectivity index (χ4n) is 5.06. The molecule has 0 aromatic rings. The van der Waals surface area contributed by atoms with Gasteiger partial charge in [0.15, 0.2) is 0 Å². The van der Waals surface area contributed by atoms with Gasteiger partial charge in [0.1, 0.15) is 0 Å². The predicted octanol–water partition coefficient (Wildman–Crippen LogP) is 2.49. The molecule has 4 saturated heterocycles. The van der Waals surface area contributed by atoms with Gasteiger partial charge >= 0.3 is 6.09 Å². The van der Waals surface area contributed by atoms with E-state index < -0.39 is 0 Å². The van der Waals surface area contributed by atoms with E-state index in [1.54, 1.807) is 7.11 Å². The van der Waals surface area contributed by atoms with Crippen LogP contribution >= 0.6 is 0 Å². The average Bonchev–Trinajstić information content (AvgIpc) is 2.85. The maximum absolute atomic E-state index is 12.0. The minimum Gasteiger partial charge on any atom is -0.450 e. The monoisotopic (exact) mass is 395 g/mol. The van der Waals surface area contributed by atoms with Crippen LogP contribution in [-0.4, -0.2) is 91.3 Å². The van der Waals surface area contributed by atoms with Gasteiger partial charge in [0.05, 0.1) is 12.7 Å². The third-order valence-corrected chi connectivity index (χ3v) is 6.70. The van der Waals surface area contributed by atoms with Crippen LogP contribution in [-0.2, 0) is 14.3 Å². The number of hydrogen-bond acceptors (Lipinski definition) is 5. The molecule has 28 heavy (non-hydrogen) atoms. The third kappa shape index (κ3) is 5.17. The van der Waals surface area contributed by atoms with E-state index in [0.29, 0.717) is 30.8 Å². The molecule has 2 atom stereocenters. The Hall–Kier alpha value is -1.34. The molecular formula is C21H37N3O4. The molecule has 2 bridgehead atoms. The molecule has 160 valence electrons. The Kier molecular flexibility index (Phi) is 7.97. The molecule has 7 nitrogen and oxygen atoms in total. The van der Waals surface area contributed by atoms with Crippen molar-refractivity contribution in [2.45, 2.75) is 82.5 Å². The summed E-state index contributed by atoms with van der Waals surface area (Å²) < 4.78 is 10.5. The highest BCUT2D eigenvalue weighted by Crippen LogP contribution is 2.39. The van der Waals surface area contributed by atoms with E-state index in [1.807, 2.05) is 16.7 Å². The van der Waals surface area contributed by atoms with Gasteiger partial charge in [0, 0.05) is 51.4 Å². The smallest absolute Gasteiger partial charge is 0.410 e. The molecule has 0 aliphatic carbocycles. The Bertz CT molecular complexity index is 490. The van der Waals surface area contributed by atoms with E-state index in [-0.39, 0.29) is 6.09 Å². The van der Waals surface area contributed by atoms with Gasteiger partial charge in [-0.05, 0) is 45.4 Å². The lowest BCUT2D eigenvalue weighted by molar-refractivity contribution is -0.118. The van der Waals surface area contributed by atoms with E-state index in [4.69, 9.17) is 9.47 Å².